The van der Waals surface area contributed by atoms with Crippen LogP contribution in [0.3, 0.4) is 0 Å². The number of rotatable bonds is 8. The molecule has 1 fully saturated rings. The van der Waals surface area contributed by atoms with E-state index in [1.807, 2.05) is 42.5 Å². The lowest BCUT2D eigenvalue weighted by Crippen LogP contribution is -2.47. The van der Waals surface area contributed by atoms with Crippen LogP contribution in [0.5, 0.6) is 0 Å². The van der Waals surface area contributed by atoms with Crippen molar-refractivity contribution >= 4 is 23.4 Å². The van der Waals surface area contributed by atoms with Gasteiger partial charge in [0.1, 0.15) is 11.7 Å². The van der Waals surface area contributed by atoms with Gasteiger partial charge in [0.25, 0.3) is 5.91 Å². The van der Waals surface area contributed by atoms with Gasteiger partial charge in [0.2, 0.25) is 5.91 Å². The molecule has 1 aliphatic rings. The first-order valence-corrected chi connectivity index (χ1v) is 12.3. The van der Waals surface area contributed by atoms with Gasteiger partial charge >= 0.3 is 0 Å². The smallest absolute Gasteiger partial charge is 0.273 e. The molecule has 5 nitrogen and oxygen atoms in total. The molecule has 1 aromatic heterocycles. The summed E-state index contributed by atoms with van der Waals surface area (Å²) in [6, 6.07) is 21.8. The highest BCUT2D eigenvalue weighted by Crippen LogP contribution is 2.27. The highest BCUT2D eigenvalue weighted by atomic mass is 35.5. The summed E-state index contributed by atoms with van der Waals surface area (Å²) < 4.78 is 0. The third-order valence-corrected chi connectivity index (χ3v) is 6.58. The molecule has 4 rings (SSSR count). The first-order chi connectivity index (χ1) is 16.6. The Labute approximate surface area is 206 Å². The van der Waals surface area contributed by atoms with Crippen LogP contribution in [0, 0.1) is 0 Å². The van der Waals surface area contributed by atoms with E-state index < -0.39 is 6.04 Å². The zero-order valence-electron chi connectivity index (χ0n) is 19.2. The van der Waals surface area contributed by atoms with Crippen molar-refractivity contribution < 1.29 is 9.59 Å². The molecule has 176 valence electrons. The number of amides is 2. The molecule has 2 aromatic carbocycles. The molecule has 1 unspecified atom stereocenters. The van der Waals surface area contributed by atoms with Gasteiger partial charge < -0.3 is 10.2 Å². The van der Waals surface area contributed by atoms with Crippen LogP contribution in [0.1, 0.15) is 59.8 Å². The summed E-state index contributed by atoms with van der Waals surface area (Å²) in [4.78, 5) is 33.4. The van der Waals surface area contributed by atoms with E-state index in [0.29, 0.717) is 23.7 Å². The Morgan fingerprint density at radius 1 is 0.941 bits per heavy atom. The van der Waals surface area contributed by atoms with Crippen LogP contribution in [0.15, 0.2) is 79.0 Å². The number of pyridine rings is 1. The van der Waals surface area contributed by atoms with Crippen molar-refractivity contribution in [1.82, 2.24) is 15.2 Å². The Bertz CT molecular complexity index is 1070. The Morgan fingerprint density at radius 2 is 1.65 bits per heavy atom. The van der Waals surface area contributed by atoms with E-state index in [-0.39, 0.29) is 17.9 Å². The predicted octanol–water partition coefficient (Wildman–Crippen LogP) is 5.61. The molecule has 0 saturated heterocycles. The fourth-order valence-corrected chi connectivity index (χ4v) is 4.65. The normalized spacial score (nSPS) is 14.9. The highest BCUT2D eigenvalue weighted by molar-refractivity contribution is 6.30. The number of hydrogen-bond acceptors (Lipinski definition) is 3. The zero-order valence-corrected chi connectivity index (χ0v) is 20.0. The summed E-state index contributed by atoms with van der Waals surface area (Å²) in [7, 11) is 0. The number of hydrogen-bond donors (Lipinski definition) is 1. The number of nitrogens with one attached hydrogen (secondary N) is 1. The fourth-order valence-electron chi connectivity index (χ4n) is 4.52. The van der Waals surface area contributed by atoms with Crippen LogP contribution in [-0.2, 0) is 11.2 Å². The summed E-state index contributed by atoms with van der Waals surface area (Å²) in [5.74, 6) is -0.429. The van der Waals surface area contributed by atoms with Crippen molar-refractivity contribution in [2.24, 2.45) is 0 Å². The Hall–Kier alpha value is -3.18. The van der Waals surface area contributed by atoms with Crippen LogP contribution in [0.25, 0.3) is 0 Å². The Morgan fingerprint density at radius 3 is 2.32 bits per heavy atom. The van der Waals surface area contributed by atoms with Crippen molar-refractivity contribution in [3.63, 3.8) is 0 Å². The molecule has 1 heterocycles. The second-order valence-electron chi connectivity index (χ2n) is 8.75. The molecule has 34 heavy (non-hydrogen) atoms. The van der Waals surface area contributed by atoms with Crippen molar-refractivity contribution in [2.75, 3.05) is 6.54 Å². The summed E-state index contributed by atoms with van der Waals surface area (Å²) >= 11 is 6.14. The minimum atomic E-state index is -0.780. The lowest BCUT2D eigenvalue weighted by molar-refractivity contribution is -0.126. The summed E-state index contributed by atoms with van der Waals surface area (Å²) in [5.41, 5.74) is 2.15. The second-order valence-corrected chi connectivity index (χ2v) is 9.18. The van der Waals surface area contributed by atoms with Gasteiger partial charge in [-0.1, -0.05) is 79.4 Å². The summed E-state index contributed by atoms with van der Waals surface area (Å²) in [5, 5.41) is 3.82. The van der Waals surface area contributed by atoms with Crippen LogP contribution in [0.4, 0.5) is 0 Å². The standard InChI is InChI=1S/C28H30ClN3O2/c29-23-16-14-22(15-17-23)26(27(33)31-24-11-5-2-6-12-24)32(20-18-21-9-3-1-4-10-21)28(34)25-13-7-8-19-30-25/h1,3-4,7-10,13-17,19,24,26H,2,5-6,11-12,18,20H2,(H,31,33). The second kappa shape index (κ2) is 11.8. The molecule has 1 atom stereocenters. The number of halogens is 1. The van der Waals surface area contributed by atoms with Gasteiger partial charge in [-0.25, -0.2) is 0 Å². The van der Waals surface area contributed by atoms with Crippen LogP contribution in [0.2, 0.25) is 5.02 Å². The predicted molar refractivity (Wildman–Crippen MR) is 135 cm³/mol. The molecular formula is C28H30ClN3O2. The van der Waals surface area contributed by atoms with Gasteiger partial charge in [0.05, 0.1) is 0 Å². The number of carbonyl (C=O) groups excluding carboxylic acids is 2. The first kappa shape index (κ1) is 24.0. The lowest BCUT2D eigenvalue weighted by atomic mass is 9.94. The molecule has 1 saturated carbocycles. The van der Waals surface area contributed by atoms with Crippen molar-refractivity contribution in [3.8, 4) is 0 Å². The quantitative estimate of drug-likeness (QED) is 0.460. The largest absolute Gasteiger partial charge is 0.351 e. The van der Waals surface area contributed by atoms with Gasteiger partial charge in [-0.15, -0.1) is 0 Å². The fraction of sp³-hybridized carbons (Fsp3) is 0.321. The Balaban J connectivity index is 1.68. The van der Waals surface area contributed by atoms with Crippen LogP contribution >= 0.6 is 11.6 Å². The highest BCUT2D eigenvalue weighted by Gasteiger charge is 2.33. The number of aromatic nitrogens is 1. The van der Waals surface area contributed by atoms with E-state index in [1.165, 1.54) is 6.42 Å². The van der Waals surface area contributed by atoms with E-state index in [1.54, 1.807) is 41.4 Å². The van der Waals surface area contributed by atoms with Crippen molar-refractivity contribution in [3.05, 3.63) is 101 Å². The van der Waals surface area contributed by atoms with Crippen molar-refractivity contribution in [2.45, 2.75) is 50.6 Å². The number of carbonyl (C=O) groups is 2. The SMILES string of the molecule is O=C(NC1CCCCC1)C(c1ccc(Cl)cc1)N(CCc1ccccc1)C(=O)c1ccccn1. The molecule has 0 aliphatic heterocycles. The summed E-state index contributed by atoms with van der Waals surface area (Å²) in [6.07, 6.45) is 7.59. The van der Waals surface area contributed by atoms with Crippen LogP contribution < -0.4 is 5.32 Å². The van der Waals surface area contributed by atoms with Crippen molar-refractivity contribution in [1.29, 1.82) is 0 Å². The topological polar surface area (TPSA) is 62.3 Å². The maximum absolute atomic E-state index is 13.7. The average Bonchev–Trinajstić information content (AvgIpc) is 2.88. The van der Waals surface area contributed by atoms with Gasteiger partial charge in [-0.05, 0) is 54.7 Å². The molecule has 2 amide bonds. The minimum Gasteiger partial charge on any atom is -0.351 e. The van der Waals surface area contributed by atoms with E-state index >= 15 is 0 Å². The van der Waals surface area contributed by atoms with E-state index in [2.05, 4.69) is 10.3 Å². The summed E-state index contributed by atoms with van der Waals surface area (Å²) in [6.45, 7) is 0.380. The van der Waals surface area contributed by atoms with Gasteiger partial charge in [-0.3, -0.25) is 14.6 Å². The lowest BCUT2D eigenvalue weighted by Gasteiger charge is -2.33. The monoisotopic (exact) mass is 475 g/mol. The average molecular weight is 476 g/mol. The van der Waals surface area contributed by atoms with E-state index in [0.717, 1.165) is 36.8 Å². The first-order valence-electron chi connectivity index (χ1n) is 11.9. The maximum Gasteiger partial charge on any atom is 0.273 e. The minimum absolute atomic E-state index is 0.136. The van der Waals surface area contributed by atoms with Gasteiger partial charge in [-0.2, -0.15) is 0 Å². The van der Waals surface area contributed by atoms with Gasteiger partial charge in [0.15, 0.2) is 0 Å². The number of nitrogens with zero attached hydrogens (tertiary/aromatic N) is 2. The number of benzene rings is 2. The molecule has 0 spiro atoms. The molecular weight excluding hydrogens is 446 g/mol. The molecule has 0 radical (unpaired) electrons. The molecule has 1 N–H and O–H groups in total. The van der Waals surface area contributed by atoms with E-state index in [4.69, 9.17) is 11.6 Å². The molecule has 0 bridgehead atoms. The molecule has 1 aliphatic carbocycles. The molecule has 6 heteroatoms. The molecule has 3 aromatic rings. The Kier molecular flexibility index (Phi) is 8.31. The van der Waals surface area contributed by atoms with Crippen LogP contribution in [-0.4, -0.2) is 34.3 Å². The third-order valence-electron chi connectivity index (χ3n) is 6.33. The third kappa shape index (κ3) is 6.23. The maximum atomic E-state index is 13.7. The zero-order chi connectivity index (χ0) is 23.8. The van der Waals surface area contributed by atoms with Gasteiger partial charge in [0, 0.05) is 23.8 Å². The van der Waals surface area contributed by atoms with E-state index in [9.17, 15) is 9.59 Å².